The number of hydrogen-bond donors (Lipinski definition) is 1. The molecule has 3 aromatic rings. The van der Waals surface area contributed by atoms with Crippen molar-refractivity contribution in [2.45, 2.75) is 13.0 Å². The van der Waals surface area contributed by atoms with E-state index in [-0.39, 0.29) is 17.4 Å². The zero-order valence-corrected chi connectivity index (χ0v) is 15.3. The number of para-hydroxylation sites is 1. The summed E-state index contributed by atoms with van der Waals surface area (Å²) in [4.78, 5) is 28.6. The summed E-state index contributed by atoms with van der Waals surface area (Å²) in [5, 5.41) is 7.46. The Kier molecular flexibility index (Phi) is 5.05. The van der Waals surface area contributed by atoms with E-state index < -0.39 is 17.3 Å². The molecule has 3 rings (SSSR count). The lowest BCUT2D eigenvalue weighted by atomic mass is 10.3. The Labute approximate surface area is 154 Å². The molecule has 2 heterocycles. The minimum atomic E-state index is -0.601. The second-order valence-corrected chi connectivity index (χ2v) is 7.56. The fourth-order valence-electron chi connectivity index (χ4n) is 2.13. The van der Waals surface area contributed by atoms with Gasteiger partial charge in [-0.2, -0.15) is 9.78 Å². The highest BCUT2D eigenvalue weighted by atomic mass is 79.9. The van der Waals surface area contributed by atoms with E-state index in [4.69, 9.17) is 0 Å². The summed E-state index contributed by atoms with van der Waals surface area (Å²) >= 11 is 4.72. The molecule has 9 heteroatoms. The molecule has 0 saturated carbocycles. The van der Waals surface area contributed by atoms with Crippen LogP contribution in [-0.2, 0) is 0 Å². The molecule has 0 radical (unpaired) electrons. The average molecular weight is 423 g/mol. The maximum Gasteiger partial charge on any atom is 0.272 e. The van der Waals surface area contributed by atoms with Crippen molar-refractivity contribution in [3.8, 4) is 5.69 Å². The highest BCUT2D eigenvalue weighted by molar-refractivity contribution is 9.11. The van der Waals surface area contributed by atoms with Crippen molar-refractivity contribution in [1.29, 1.82) is 0 Å². The largest absolute Gasteiger partial charge is 0.342 e. The Balaban J connectivity index is 1.88. The van der Waals surface area contributed by atoms with Crippen LogP contribution < -0.4 is 10.9 Å². The van der Waals surface area contributed by atoms with Crippen LogP contribution in [0.15, 0.2) is 51.2 Å². The molecule has 6 nitrogen and oxygen atoms in total. The summed E-state index contributed by atoms with van der Waals surface area (Å²) in [7, 11) is 0. The number of rotatable bonds is 4. The lowest BCUT2D eigenvalue weighted by Gasteiger charge is -2.12. The summed E-state index contributed by atoms with van der Waals surface area (Å²) in [5.74, 6) is -1.08. The molecule has 128 valence electrons. The normalized spacial score (nSPS) is 12.0. The van der Waals surface area contributed by atoms with Gasteiger partial charge in [-0.05, 0) is 41.1 Å². The van der Waals surface area contributed by atoms with Crippen LogP contribution in [0.3, 0.4) is 0 Å². The van der Waals surface area contributed by atoms with Crippen LogP contribution in [0.1, 0.15) is 28.5 Å². The molecule has 0 aliphatic heterocycles. The summed E-state index contributed by atoms with van der Waals surface area (Å²) in [6.07, 6.45) is 1.65. The van der Waals surface area contributed by atoms with Gasteiger partial charge in [-0.3, -0.25) is 9.59 Å². The first kappa shape index (κ1) is 17.4. The van der Waals surface area contributed by atoms with E-state index in [2.05, 4.69) is 31.3 Å². The molecule has 0 unspecified atom stereocenters. The van der Waals surface area contributed by atoms with E-state index in [1.54, 1.807) is 19.2 Å². The van der Waals surface area contributed by atoms with Crippen molar-refractivity contribution < 1.29 is 9.18 Å². The Bertz CT molecular complexity index is 988. The van der Waals surface area contributed by atoms with Gasteiger partial charge < -0.3 is 5.32 Å². The molecule has 1 N–H and O–H groups in total. The molecule has 0 spiro atoms. The van der Waals surface area contributed by atoms with E-state index >= 15 is 0 Å². The Hall–Kier alpha value is -2.39. The number of thiazole rings is 1. The minimum absolute atomic E-state index is 0.00493. The van der Waals surface area contributed by atoms with Gasteiger partial charge in [0.15, 0.2) is 0 Å². The first-order valence-corrected chi connectivity index (χ1v) is 8.84. The summed E-state index contributed by atoms with van der Waals surface area (Å²) < 4.78 is 15.6. The highest BCUT2D eigenvalue weighted by Gasteiger charge is 2.17. The SMILES string of the molecule is C[C@@H](NC(=O)c1ccc(=O)n(-c2ccccc2F)n1)c1ncc(Br)s1. The fourth-order valence-corrected chi connectivity index (χ4v) is 3.37. The van der Waals surface area contributed by atoms with Crippen LogP contribution in [0.25, 0.3) is 5.69 Å². The van der Waals surface area contributed by atoms with E-state index in [0.717, 1.165) is 13.5 Å². The smallest absolute Gasteiger partial charge is 0.272 e. The quantitative estimate of drug-likeness (QED) is 0.700. The minimum Gasteiger partial charge on any atom is -0.342 e. The van der Waals surface area contributed by atoms with Crippen LogP contribution in [0.4, 0.5) is 4.39 Å². The first-order chi connectivity index (χ1) is 12.0. The predicted octanol–water partition coefficient (Wildman–Crippen LogP) is 3.08. The third-order valence-corrected chi connectivity index (χ3v) is 4.99. The van der Waals surface area contributed by atoms with Gasteiger partial charge in [0.25, 0.3) is 11.5 Å². The lowest BCUT2D eigenvalue weighted by molar-refractivity contribution is 0.0933. The second-order valence-electron chi connectivity index (χ2n) is 5.12. The van der Waals surface area contributed by atoms with Gasteiger partial charge in [0.1, 0.15) is 22.2 Å². The predicted molar refractivity (Wildman–Crippen MR) is 95.5 cm³/mol. The standard InChI is InChI=1S/C16H12BrFN4O2S/c1-9(16-19-8-13(17)25-16)20-15(24)11-6-7-14(23)22(21-11)12-5-3-2-4-10(12)18/h2-9H,1H3,(H,20,24)/t9-/m1/s1. The molecule has 0 fully saturated rings. The van der Waals surface area contributed by atoms with Gasteiger partial charge in [0.2, 0.25) is 0 Å². The molecule has 1 atom stereocenters. The Morgan fingerprint density at radius 3 is 2.76 bits per heavy atom. The van der Waals surface area contributed by atoms with Gasteiger partial charge in [-0.25, -0.2) is 9.37 Å². The number of carbonyl (C=O) groups is 1. The Morgan fingerprint density at radius 2 is 2.08 bits per heavy atom. The van der Waals surface area contributed by atoms with Crippen LogP contribution in [0.2, 0.25) is 0 Å². The van der Waals surface area contributed by atoms with E-state index in [9.17, 15) is 14.0 Å². The van der Waals surface area contributed by atoms with Crippen LogP contribution in [-0.4, -0.2) is 20.7 Å². The van der Waals surface area contributed by atoms with Gasteiger partial charge >= 0.3 is 0 Å². The van der Waals surface area contributed by atoms with Crippen molar-refractivity contribution in [2.75, 3.05) is 0 Å². The van der Waals surface area contributed by atoms with Crippen molar-refractivity contribution in [3.05, 3.63) is 73.3 Å². The van der Waals surface area contributed by atoms with Crippen molar-refractivity contribution >= 4 is 33.2 Å². The molecule has 0 aliphatic rings. The van der Waals surface area contributed by atoms with Crippen LogP contribution in [0.5, 0.6) is 0 Å². The fraction of sp³-hybridized carbons (Fsp3) is 0.125. The number of benzene rings is 1. The summed E-state index contributed by atoms with van der Waals surface area (Å²) in [6.45, 7) is 1.79. The maximum absolute atomic E-state index is 13.9. The highest BCUT2D eigenvalue weighted by Crippen LogP contribution is 2.24. The molecule has 1 aromatic carbocycles. The molecule has 0 saturated heterocycles. The number of halogens is 2. The number of amides is 1. The van der Waals surface area contributed by atoms with E-state index in [1.165, 1.54) is 41.7 Å². The number of carbonyl (C=O) groups excluding carboxylic acids is 1. The Morgan fingerprint density at radius 1 is 1.32 bits per heavy atom. The zero-order chi connectivity index (χ0) is 18.0. The van der Waals surface area contributed by atoms with Crippen molar-refractivity contribution in [2.24, 2.45) is 0 Å². The number of nitrogens with zero attached hydrogens (tertiary/aromatic N) is 3. The van der Waals surface area contributed by atoms with Crippen LogP contribution in [0, 0.1) is 5.82 Å². The monoisotopic (exact) mass is 422 g/mol. The third-order valence-electron chi connectivity index (χ3n) is 3.33. The number of nitrogens with one attached hydrogen (secondary N) is 1. The number of hydrogen-bond acceptors (Lipinski definition) is 5. The first-order valence-electron chi connectivity index (χ1n) is 7.23. The molecule has 0 bridgehead atoms. The molecule has 0 aliphatic carbocycles. The van der Waals surface area contributed by atoms with Gasteiger partial charge in [-0.1, -0.05) is 12.1 Å². The van der Waals surface area contributed by atoms with Gasteiger partial charge in [0.05, 0.1) is 16.0 Å². The average Bonchev–Trinajstić information content (AvgIpc) is 3.02. The van der Waals surface area contributed by atoms with Gasteiger partial charge in [0, 0.05) is 6.07 Å². The molecular weight excluding hydrogens is 411 g/mol. The summed E-state index contributed by atoms with van der Waals surface area (Å²) in [6, 6.07) is 7.88. The zero-order valence-electron chi connectivity index (χ0n) is 12.9. The topological polar surface area (TPSA) is 76.9 Å². The van der Waals surface area contributed by atoms with Crippen molar-refractivity contribution in [3.63, 3.8) is 0 Å². The third kappa shape index (κ3) is 3.83. The van der Waals surface area contributed by atoms with Gasteiger partial charge in [-0.15, -0.1) is 11.3 Å². The molecule has 25 heavy (non-hydrogen) atoms. The number of aromatic nitrogens is 3. The second kappa shape index (κ2) is 7.24. The molecule has 1 amide bonds. The lowest BCUT2D eigenvalue weighted by Crippen LogP contribution is -2.30. The van der Waals surface area contributed by atoms with Crippen LogP contribution >= 0.6 is 27.3 Å². The van der Waals surface area contributed by atoms with Crippen molar-refractivity contribution in [1.82, 2.24) is 20.1 Å². The van der Waals surface area contributed by atoms with E-state index in [0.29, 0.717) is 0 Å². The maximum atomic E-state index is 13.9. The molecule has 2 aromatic heterocycles. The molecular formula is C16H12BrFN4O2S. The summed E-state index contributed by atoms with van der Waals surface area (Å²) in [5.41, 5.74) is -0.539. The van der Waals surface area contributed by atoms with E-state index in [1.807, 2.05) is 0 Å².